The number of carbonyl (C=O) groups is 1. The van der Waals surface area contributed by atoms with Crippen LogP contribution in [0.3, 0.4) is 0 Å². The van der Waals surface area contributed by atoms with E-state index in [-0.39, 0.29) is 11.9 Å². The molecule has 0 aliphatic carbocycles. The predicted octanol–water partition coefficient (Wildman–Crippen LogP) is 3.61. The van der Waals surface area contributed by atoms with Crippen molar-refractivity contribution in [2.45, 2.75) is 32.7 Å². The molecule has 0 bridgehead atoms. The lowest BCUT2D eigenvalue weighted by atomic mass is 9.89. The van der Waals surface area contributed by atoms with Crippen LogP contribution in [-0.4, -0.2) is 36.4 Å². The van der Waals surface area contributed by atoms with Crippen LogP contribution in [0.15, 0.2) is 36.5 Å². The number of rotatable bonds is 3. The third-order valence-corrected chi connectivity index (χ3v) is 4.74. The van der Waals surface area contributed by atoms with Crippen molar-refractivity contribution >= 4 is 11.7 Å². The Morgan fingerprint density at radius 3 is 2.83 bits per heavy atom. The first kappa shape index (κ1) is 16.5. The predicted molar refractivity (Wildman–Crippen MR) is 97.5 cm³/mol. The molecule has 1 unspecified atom stereocenters. The van der Waals surface area contributed by atoms with Gasteiger partial charge in [0, 0.05) is 26.8 Å². The number of anilines is 1. The molecule has 0 spiro atoms. The number of aryl methyl sites for hydroxylation is 1. The fourth-order valence-electron chi connectivity index (χ4n) is 3.60. The molecular formula is C20H25N3O. The average molecular weight is 323 g/mol. The van der Waals surface area contributed by atoms with Gasteiger partial charge in [0.05, 0.1) is 11.6 Å². The average Bonchev–Trinajstić information content (AvgIpc) is 2.59. The number of pyridine rings is 1. The van der Waals surface area contributed by atoms with Crippen LogP contribution in [0, 0.1) is 6.92 Å². The molecule has 0 saturated heterocycles. The molecule has 4 nitrogen and oxygen atoms in total. The Hall–Kier alpha value is -2.36. The maximum atomic E-state index is 13.2. The highest BCUT2D eigenvalue weighted by atomic mass is 16.2. The molecule has 4 heteroatoms. The molecule has 0 saturated carbocycles. The lowest BCUT2D eigenvalue weighted by molar-refractivity contribution is 0.0656. The Kier molecular flexibility index (Phi) is 4.56. The van der Waals surface area contributed by atoms with Crippen LogP contribution >= 0.6 is 0 Å². The van der Waals surface area contributed by atoms with Gasteiger partial charge in [0.15, 0.2) is 0 Å². The Labute approximate surface area is 144 Å². The lowest BCUT2D eigenvalue weighted by Gasteiger charge is -2.37. The number of benzene rings is 1. The zero-order chi connectivity index (χ0) is 17.3. The summed E-state index contributed by atoms with van der Waals surface area (Å²) in [6.07, 6.45) is 3.56. The highest BCUT2D eigenvalue weighted by Gasteiger charge is 2.31. The summed E-state index contributed by atoms with van der Waals surface area (Å²) in [4.78, 5) is 21.5. The van der Waals surface area contributed by atoms with E-state index in [1.165, 1.54) is 16.7 Å². The number of carbonyl (C=O) groups excluding carboxylic acids is 1. The highest BCUT2D eigenvalue weighted by molar-refractivity contribution is 5.99. The summed E-state index contributed by atoms with van der Waals surface area (Å²) in [7, 11) is 3.84. The molecule has 1 amide bonds. The van der Waals surface area contributed by atoms with Crippen LogP contribution in [0.4, 0.5) is 5.82 Å². The van der Waals surface area contributed by atoms with Gasteiger partial charge < -0.3 is 9.80 Å². The summed E-state index contributed by atoms with van der Waals surface area (Å²) >= 11 is 0. The van der Waals surface area contributed by atoms with Gasteiger partial charge in [-0.05, 0) is 43.0 Å². The van der Waals surface area contributed by atoms with E-state index in [4.69, 9.17) is 0 Å². The van der Waals surface area contributed by atoms with E-state index in [0.29, 0.717) is 5.56 Å². The second-order valence-electron chi connectivity index (χ2n) is 6.64. The van der Waals surface area contributed by atoms with Gasteiger partial charge in [0.25, 0.3) is 5.91 Å². The molecule has 1 aliphatic rings. The van der Waals surface area contributed by atoms with Crippen molar-refractivity contribution < 1.29 is 4.79 Å². The smallest absolute Gasteiger partial charge is 0.258 e. The van der Waals surface area contributed by atoms with Gasteiger partial charge in [-0.25, -0.2) is 4.98 Å². The number of nitrogens with zero attached hydrogens (tertiary/aromatic N) is 3. The lowest BCUT2D eigenvalue weighted by Crippen LogP contribution is -2.40. The third kappa shape index (κ3) is 2.88. The maximum Gasteiger partial charge on any atom is 0.258 e. The number of amides is 1. The Bertz CT molecular complexity index is 754. The summed E-state index contributed by atoms with van der Waals surface area (Å²) in [5.74, 6) is 0.803. The van der Waals surface area contributed by atoms with E-state index in [1.807, 2.05) is 36.0 Å². The van der Waals surface area contributed by atoms with Gasteiger partial charge in [0.2, 0.25) is 0 Å². The molecule has 0 fully saturated rings. The quantitative estimate of drug-likeness (QED) is 0.866. The molecule has 1 atom stereocenters. The molecule has 126 valence electrons. The molecule has 2 aromatic rings. The molecule has 2 heterocycles. The first-order valence-electron chi connectivity index (χ1n) is 8.55. The Balaban J connectivity index is 1.98. The van der Waals surface area contributed by atoms with Crippen molar-refractivity contribution in [3.63, 3.8) is 0 Å². The first-order valence-corrected chi connectivity index (χ1v) is 8.55. The molecule has 24 heavy (non-hydrogen) atoms. The van der Waals surface area contributed by atoms with Crippen molar-refractivity contribution in [3.05, 3.63) is 58.8 Å². The van der Waals surface area contributed by atoms with Crippen molar-refractivity contribution in [2.24, 2.45) is 0 Å². The van der Waals surface area contributed by atoms with Gasteiger partial charge in [-0.2, -0.15) is 0 Å². The van der Waals surface area contributed by atoms with Crippen LogP contribution in [0.25, 0.3) is 0 Å². The number of hydrogen-bond acceptors (Lipinski definition) is 3. The zero-order valence-electron chi connectivity index (χ0n) is 14.9. The minimum absolute atomic E-state index is 0.0740. The van der Waals surface area contributed by atoms with Crippen LogP contribution in [-0.2, 0) is 6.42 Å². The zero-order valence-corrected chi connectivity index (χ0v) is 14.9. The van der Waals surface area contributed by atoms with E-state index in [0.717, 1.165) is 25.2 Å². The monoisotopic (exact) mass is 323 g/mol. The van der Waals surface area contributed by atoms with Gasteiger partial charge in [-0.15, -0.1) is 0 Å². The molecular weight excluding hydrogens is 298 g/mol. The van der Waals surface area contributed by atoms with Gasteiger partial charge in [-0.3, -0.25) is 4.79 Å². The largest absolute Gasteiger partial charge is 0.362 e. The molecule has 3 rings (SSSR count). The molecule has 1 aromatic carbocycles. The second-order valence-corrected chi connectivity index (χ2v) is 6.64. The van der Waals surface area contributed by atoms with Crippen LogP contribution in [0.1, 0.15) is 46.4 Å². The van der Waals surface area contributed by atoms with Gasteiger partial charge in [-0.1, -0.05) is 30.7 Å². The van der Waals surface area contributed by atoms with Crippen LogP contribution < -0.4 is 4.90 Å². The van der Waals surface area contributed by atoms with E-state index >= 15 is 0 Å². The normalized spacial score (nSPS) is 16.7. The third-order valence-electron chi connectivity index (χ3n) is 4.74. The summed E-state index contributed by atoms with van der Waals surface area (Å²) in [5.41, 5.74) is 4.63. The van der Waals surface area contributed by atoms with Gasteiger partial charge >= 0.3 is 0 Å². The Morgan fingerprint density at radius 1 is 1.33 bits per heavy atom. The molecule has 0 radical (unpaired) electrons. The van der Waals surface area contributed by atoms with Crippen LogP contribution in [0.2, 0.25) is 0 Å². The fraction of sp³-hybridized carbons (Fsp3) is 0.400. The Morgan fingerprint density at radius 2 is 2.12 bits per heavy atom. The maximum absolute atomic E-state index is 13.2. The first-order chi connectivity index (χ1) is 11.5. The fourth-order valence-corrected chi connectivity index (χ4v) is 3.60. The van der Waals surface area contributed by atoms with Crippen molar-refractivity contribution in [3.8, 4) is 0 Å². The second kappa shape index (κ2) is 6.63. The topological polar surface area (TPSA) is 36.4 Å². The van der Waals surface area contributed by atoms with E-state index in [9.17, 15) is 4.79 Å². The SMILES string of the molecule is CCC1c2ccc(C)cc2CCN1C(=O)c1cccnc1N(C)C. The summed E-state index contributed by atoms with van der Waals surface area (Å²) in [6.45, 7) is 5.03. The van der Waals surface area contributed by atoms with Crippen molar-refractivity contribution in [1.82, 2.24) is 9.88 Å². The molecule has 0 N–H and O–H groups in total. The minimum Gasteiger partial charge on any atom is -0.362 e. The number of hydrogen-bond donors (Lipinski definition) is 0. The summed E-state index contributed by atoms with van der Waals surface area (Å²) in [5, 5.41) is 0. The summed E-state index contributed by atoms with van der Waals surface area (Å²) in [6, 6.07) is 10.4. The standard InChI is InChI=1S/C20H25N3O/c1-5-18-16-9-8-14(2)13-15(16)10-12-23(18)20(24)17-7-6-11-21-19(17)22(3)4/h6-9,11,13,18H,5,10,12H2,1-4H3. The number of aromatic nitrogens is 1. The number of fused-ring (bicyclic) bond motifs is 1. The minimum atomic E-state index is 0.0740. The van der Waals surface area contributed by atoms with Crippen molar-refractivity contribution in [2.75, 3.05) is 25.5 Å². The molecule has 1 aliphatic heterocycles. The van der Waals surface area contributed by atoms with E-state index in [2.05, 4.69) is 37.0 Å². The highest BCUT2D eigenvalue weighted by Crippen LogP contribution is 2.34. The van der Waals surface area contributed by atoms with Crippen LogP contribution in [0.5, 0.6) is 0 Å². The molecule has 1 aromatic heterocycles. The van der Waals surface area contributed by atoms with E-state index in [1.54, 1.807) is 6.20 Å². The van der Waals surface area contributed by atoms with Gasteiger partial charge in [0.1, 0.15) is 5.82 Å². The van der Waals surface area contributed by atoms with E-state index < -0.39 is 0 Å². The van der Waals surface area contributed by atoms with Crippen molar-refractivity contribution in [1.29, 1.82) is 0 Å². The summed E-state index contributed by atoms with van der Waals surface area (Å²) < 4.78 is 0.